The van der Waals surface area contributed by atoms with E-state index >= 15 is 0 Å². The second-order valence-electron chi connectivity index (χ2n) is 7.49. The molecule has 152 valence electrons. The lowest BCUT2D eigenvalue weighted by atomic mass is 9.86. The Hall–Kier alpha value is -3.96. The number of H-pyrrole nitrogens is 1. The van der Waals surface area contributed by atoms with Crippen LogP contribution in [0.2, 0.25) is 0 Å². The average Bonchev–Trinajstić information content (AvgIpc) is 3.18. The number of aromatic nitrogens is 1. The van der Waals surface area contributed by atoms with Gasteiger partial charge in [0.15, 0.2) is 0 Å². The van der Waals surface area contributed by atoms with Crippen LogP contribution in [-0.4, -0.2) is 16.1 Å². The number of hydroxylamine groups is 1. The fourth-order valence-corrected chi connectivity index (χ4v) is 4.24. The van der Waals surface area contributed by atoms with E-state index in [-0.39, 0.29) is 0 Å². The molecule has 1 aromatic heterocycles. The molecule has 1 heterocycles. The molecule has 5 rings (SSSR count). The summed E-state index contributed by atoms with van der Waals surface area (Å²) in [6.07, 6.45) is 0. The quantitative estimate of drug-likeness (QED) is 0.260. The summed E-state index contributed by atoms with van der Waals surface area (Å²) in [4.78, 5) is 16.3. The van der Waals surface area contributed by atoms with Gasteiger partial charge in [-0.05, 0) is 46.2 Å². The van der Waals surface area contributed by atoms with Gasteiger partial charge in [-0.25, -0.2) is 9.87 Å². The molecule has 4 aromatic carbocycles. The van der Waals surface area contributed by atoms with E-state index in [1.807, 2.05) is 60.7 Å². The maximum Gasteiger partial charge on any atom is 0.255 e. The first-order valence-electron chi connectivity index (χ1n) is 9.95. The van der Waals surface area contributed by atoms with Gasteiger partial charge in [-0.15, -0.1) is 0 Å². The Morgan fingerprint density at radius 3 is 2.45 bits per heavy atom. The molecule has 0 aliphatic rings. The first kappa shape index (κ1) is 19.0. The van der Waals surface area contributed by atoms with Crippen molar-refractivity contribution in [2.45, 2.75) is 5.92 Å². The van der Waals surface area contributed by atoms with E-state index in [0.29, 0.717) is 11.1 Å². The van der Waals surface area contributed by atoms with Crippen molar-refractivity contribution in [1.82, 2.24) is 10.5 Å². The van der Waals surface area contributed by atoms with Crippen LogP contribution in [-0.2, 0) is 4.79 Å². The molecule has 0 saturated carbocycles. The van der Waals surface area contributed by atoms with E-state index in [9.17, 15) is 14.4 Å². The molecule has 1 amide bonds. The van der Waals surface area contributed by atoms with Gasteiger partial charge in [0, 0.05) is 16.5 Å². The van der Waals surface area contributed by atoms with E-state index < -0.39 is 17.6 Å². The number of fused-ring (bicyclic) bond motifs is 2. The Morgan fingerprint density at radius 2 is 1.65 bits per heavy atom. The van der Waals surface area contributed by atoms with Gasteiger partial charge in [-0.3, -0.25) is 10.0 Å². The first-order chi connectivity index (χ1) is 15.2. The molecule has 31 heavy (non-hydrogen) atoms. The highest BCUT2D eigenvalue weighted by Crippen LogP contribution is 2.39. The monoisotopic (exact) mass is 410 g/mol. The molecule has 0 bridgehead atoms. The van der Waals surface area contributed by atoms with Crippen LogP contribution >= 0.6 is 0 Å². The highest BCUT2D eigenvalue weighted by Gasteiger charge is 2.29. The third kappa shape index (κ3) is 3.35. The lowest BCUT2D eigenvalue weighted by Gasteiger charge is -2.18. The van der Waals surface area contributed by atoms with Crippen molar-refractivity contribution in [2.75, 3.05) is 0 Å². The van der Waals surface area contributed by atoms with Gasteiger partial charge in [-0.1, -0.05) is 66.7 Å². The molecule has 0 aliphatic carbocycles. The van der Waals surface area contributed by atoms with Gasteiger partial charge >= 0.3 is 0 Å². The second kappa shape index (κ2) is 7.70. The minimum atomic E-state index is -0.904. The van der Waals surface area contributed by atoms with Crippen molar-refractivity contribution in [3.05, 3.63) is 108 Å². The number of hydrogen-bond donors (Lipinski definition) is 3. The number of rotatable bonds is 4. The summed E-state index contributed by atoms with van der Waals surface area (Å²) in [5.74, 6) is -1.98. The molecule has 1 unspecified atom stereocenters. The van der Waals surface area contributed by atoms with Crippen molar-refractivity contribution < 1.29 is 14.4 Å². The van der Waals surface area contributed by atoms with Crippen molar-refractivity contribution in [3.8, 4) is 11.3 Å². The Kier molecular flexibility index (Phi) is 4.73. The summed E-state index contributed by atoms with van der Waals surface area (Å²) in [6, 6.07) is 27.7. The molecule has 0 saturated heterocycles. The topological polar surface area (TPSA) is 65.1 Å². The molecule has 0 fully saturated rings. The van der Waals surface area contributed by atoms with Crippen LogP contribution in [0.1, 0.15) is 17.0 Å². The lowest BCUT2D eigenvalue weighted by Crippen LogP contribution is -2.27. The summed E-state index contributed by atoms with van der Waals surface area (Å²) < 4.78 is 14.0. The van der Waals surface area contributed by atoms with Crippen molar-refractivity contribution in [2.24, 2.45) is 0 Å². The Morgan fingerprint density at radius 1 is 0.871 bits per heavy atom. The molecule has 0 aliphatic heterocycles. The largest absolute Gasteiger partial charge is 0.354 e. The molecule has 5 heteroatoms. The molecule has 3 N–H and O–H groups in total. The van der Waals surface area contributed by atoms with Crippen molar-refractivity contribution in [1.29, 1.82) is 0 Å². The van der Waals surface area contributed by atoms with E-state index in [1.54, 1.807) is 17.6 Å². The second-order valence-corrected chi connectivity index (χ2v) is 7.49. The van der Waals surface area contributed by atoms with Gasteiger partial charge in [0.05, 0.1) is 11.6 Å². The van der Waals surface area contributed by atoms with Crippen LogP contribution in [0.4, 0.5) is 4.39 Å². The molecule has 1 atom stereocenters. The summed E-state index contributed by atoms with van der Waals surface area (Å²) in [6.45, 7) is 0. The minimum Gasteiger partial charge on any atom is -0.354 e. The summed E-state index contributed by atoms with van der Waals surface area (Å²) in [7, 11) is 0. The fraction of sp³-hybridized carbons (Fsp3) is 0.0385. The lowest BCUT2D eigenvalue weighted by molar-refractivity contribution is -0.129. The first-order valence-corrected chi connectivity index (χ1v) is 9.95. The van der Waals surface area contributed by atoms with E-state index in [0.717, 1.165) is 32.9 Å². The van der Waals surface area contributed by atoms with Crippen LogP contribution < -0.4 is 5.48 Å². The minimum absolute atomic E-state index is 0.444. The Balaban J connectivity index is 1.81. The maximum atomic E-state index is 14.0. The predicted molar refractivity (Wildman–Crippen MR) is 119 cm³/mol. The van der Waals surface area contributed by atoms with E-state index in [1.165, 1.54) is 12.1 Å². The molecular weight excluding hydrogens is 391 g/mol. The maximum absolute atomic E-state index is 14.0. The number of aromatic amines is 1. The standard InChI is InChI=1S/C26H19FN2O2/c27-20-9-5-8-18(15-20)23(26(30)29-31)24-21-10-3-4-11-22(21)28-25(24)19-13-12-16-6-1-2-7-17(16)14-19/h1-15,23,28,31H,(H,29,30). The zero-order valence-corrected chi connectivity index (χ0v) is 16.5. The van der Waals surface area contributed by atoms with E-state index in [2.05, 4.69) is 11.1 Å². The fourth-order valence-electron chi connectivity index (χ4n) is 4.24. The highest BCUT2D eigenvalue weighted by atomic mass is 19.1. The Labute approximate surface area is 177 Å². The molecular formula is C26H19FN2O2. The van der Waals surface area contributed by atoms with Crippen LogP contribution in [0.25, 0.3) is 32.9 Å². The predicted octanol–water partition coefficient (Wildman–Crippen LogP) is 5.76. The van der Waals surface area contributed by atoms with E-state index in [4.69, 9.17) is 0 Å². The number of carbonyl (C=O) groups is 1. The molecule has 0 radical (unpaired) electrons. The summed E-state index contributed by atoms with van der Waals surface area (Å²) >= 11 is 0. The van der Waals surface area contributed by atoms with Crippen molar-refractivity contribution >= 4 is 27.6 Å². The number of hydrogen-bond acceptors (Lipinski definition) is 2. The molecule has 5 aromatic rings. The highest BCUT2D eigenvalue weighted by molar-refractivity contribution is 6.00. The van der Waals surface area contributed by atoms with Crippen LogP contribution in [0.15, 0.2) is 91.0 Å². The van der Waals surface area contributed by atoms with Gasteiger partial charge in [0.1, 0.15) is 5.82 Å². The number of para-hydroxylation sites is 1. The zero-order valence-electron chi connectivity index (χ0n) is 16.5. The van der Waals surface area contributed by atoms with Crippen LogP contribution in [0.5, 0.6) is 0 Å². The number of nitrogens with one attached hydrogen (secondary N) is 2. The third-order valence-electron chi connectivity index (χ3n) is 5.63. The SMILES string of the molecule is O=C(NO)C(c1cccc(F)c1)c1c(-c2ccc3ccccc3c2)[nH]c2ccccc12. The van der Waals surface area contributed by atoms with Crippen molar-refractivity contribution in [3.63, 3.8) is 0 Å². The average molecular weight is 410 g/mol. The van der Waals surface area contributed by atoms with Crippen LogP contribution in [0, 0.1) is 5.82 Å². The van der Waals surface area contributed by atoms with Gasteiger partial charge in [-0.2, -0.15) is 0 Å². The van der Waals surface area contributed by atoms with Gasteiger partial charge < -0.3 is 4.98 Å². The summed E-state index contributed by atoms with van der Waals surface area (Å²) in [5, 5.41) is 12.5. The number of amides is 1. The molecule has 4 nitrogen and oxygen atoms in total. The number of benzene rings is 4. The van der Waals surface area contributed by atoms with Gasteiger partial charge in [0.25, 0.3) is 5.91 Å². The normalized spacial score (nSPS) is 12.2. The van der Waals surface area contributed by atoms with Gasteiger partial charge in [0.2, 0.25) is 0 Å². The third-order valence-corrected chi connectivity index (χ3v) is 5.63. The Bertz CT molecular complexity index is 1420. The molecule has 0 spiro atoms. The summed E-state index contributed by atoms with van der Waals surface area (Å²) in [5.41, 5.74) is 5.42. The zero-order chi connectivity index (χ0) is 21.4. The smallest absolute Gasteiger partial charge is 0.255 e. The number of carbonyl (C=O) groups excluding carboxylic acids is 1. The number of halogens is 1. The van der Waals surface area contributed by atoms with Crippen LogP contribution in [0.3, 0.4) is 0 Å².